The average Bonchev–Trinajstić information content (AvgIpc) is 2.44. The van der Waals surface area contributed by atoms with Crippen LogP contribution in [0.2, 0.25) is 0 Å². The molecule has 108 valence electrons. The van der Waals surface area contributed by atoms with Crippen molar-refractivity contribution in [3.63, 3.8) is 0 Å². The van der Waals surface area contributed by atoms with E-state index in [2.05, 4.69) is 0 Å². The Morgan fingerprint density at radius 2 is 1.58 bits per heavy atom. The van der Waals surface area contributed by atoms with Crippen molar-refractivity contribution in [2.45, 2.75) is 19.9 Å². The van der Waals surface area contributed by atoms with Gasteiger partial charge < -0.3 is 25.1 Å². The molecule has 0 unspecified atom stereocenters. The Labute approximate surface area is 114 Å². The largest absolute Gasteiger partial charge is 0.493 e. The molecule has 0 aliphatic rings. The van der Waals surface area contributed by atoms with Gasteiger partial charge in [-0.05, 0) is 17.7 Å². The van der Waals surface area contributed by atoms with Gasteiger partial charge in [-0.3, -0.25) is 0 Å². The predicted octanol–water partition coefficient (Wildman–Crippen LogP) is 1.73. The molecule has 0 aliphatic heterocycles. The van der Waals surface area contributed by atoms with E-state index >= 15 is 0 Å². The molecule has 5 nitrogen and oxygen atoms in total. The van der Waals surface area contributed by atoms with Crippen molar-refractivity contribution in [3.05, 3.63) is 17.7 Å². The number of hydrogen-bond donors (Lipinski definition) is 2. The maximum atomic E-state index is 9.41. The van der Waals surface area contributed by atoms with Crippen molar-refractivity contribution in [2.24, 2.45) is 11.1 Å². The van der Waals surface area contributed by atoms with E-state index in [4.69, 9.17) is 19.9 Å². The third-order valence-electron chi connectivity index (χ3n) is 3.30. The van der Waals surface area contributed by atoms with E-state index in [0.717, 1.165) is 5.56 Å². The maximum Gasteiger partial charge on any atom is 0.203 e. The third kappa shape index (κ3) is 3.11. The molecule has 1 atom stereocenters. The van der Waals surface area contributed by atoms with E-state index in [1.54, 1.807) is 21.3 Å². The number of ether oxygens (including phenoxy) is 3. The highest BCUT2D eigenvalue weighted by atomic mass is 16.5. The first kappa shape index (κ1) is 15.6. The summed E-state index contributed by atoms with van der Waals surface area (Å²) in [5.74, 6) is 1.64. The second kappa shape index (κ2) is 6.12. The number of benzene rings is 1. The zero-order valence-electron chi connectivity index (χ0n) is 12.2. The van der Waals surface area contributed by atoms with E-state index < -0.39 is 5.41 Å². The quantitative estimate of drug-likeness (QED) is 0.822. The molecule has 1 aromatic rings. The van der Waals surface area contributed by atoms with Gasteiger partial charge in [0.15, 0.2) is 11.5 Å². The van der Waals surface area contributed by atoms with Crippen LogP contribution in [0.25, 0.3) is 0 Å². The lowest BCUT2D eigenvalue weighted by molar-refractivity contribution is 0.132. The van der Waals surface area contributed by atoms with Crippen molar-refractivity contribution in [1.29, 1.82) is 0 Å². The molecule has 5 heteroatoms. The lowest BCUT2D eigenvalue weighted by Crippen LogP contribution is -2.32. The highest BCUT2D eigenvalue weighted by molar-refractivity contribution is 5.54. The van der Waals surface area contributed by atoms with Gasteiger partial charge >= 0.3 is 0 Å². The van der Waals surface area contributed by atoms with Gasteiger partial charge in [-0.1, -0.05) is 13.8 Å². The van der Waals surface area contributed by atoms with Gasteiger partial charge in [0.2, 0.25) is 5.75 Å². The summed E-state index contributed by atoms with van der Waals surface area (Å²) in [4.78, 5) is 0. The van der Waals surface area contributed by atoms with Gasteiger partial charge in [-0.25, -0.2) is 0 Å². The minimum absolute atomic E-state index is 0.00910. The molecule has 19 heavy (non-hydrogen) atoms. The van der Waals surface area contributed by atoms with Crippen molar-refractivity contribution < 1.29 is 19.3 Å². The Kier molecular flexibility index (Phi) is 5.03. The van der Waals surface area contributed by atoms with Gasteiger partial charge in [0.1, 0.15) is 0 Å². The summed E-state index contributed by atoms with van der Waals surface area (Å²) >= 11 is 0. The van der Waals surface area contributed by atoms with Crippen LogP contribution in [0.5, 0.6) is 17.2 Å². The number of rotatable bonds is 6. The first-order valence-corrected chi connectivity index (χ1v) is 6.07. The summed E-state index contributed by atoms with van der Waals surface area (Å²) in [6.07, 6.45) is 0. The van der Waals surface area contributed by atoms with Crippen LogP contribution >= 0.6 is 0 Å². The smallest absolute Gasteiger partial charge is 0.203 e. The summed E-state index contributed by atoms with van der Waals surface area (Å²) in [5.41, 5.74) is 6.60. The van der Waals surface area contributed by atoms with Gasteiger partial charge in [0.05, 0.1) is 21.3 Å². The van der Waals surface area contributed by atoms with Gasteiger partial charge in [-0.2, -0.15) is 0 Å². The fourth-order valence-electron chi connectivity index (χ4n) is 1.83. The van der Waals surface area contributed by atoms with Crippen LogP contribution in [0.4, 0.5) is 0 Å². The Balaban J connectivity index is 3.30. The molecular weight excluding hydrogens is 246 g/mol. The summed E-state index contributed by atoms with van der Waals surface area (Å²) in [6, 6.07) is 3.28. The molecule has 0 heterocycles. The number of methoxy groups -OCH3 is 3. The fourth-order valence-corrected chi connectivity index (χ4v) is 1.83. The fraction of sp³-hybridized carbons (Fsp3) is 0.571. The summed E-state index contributed by atoms with van der Waals surface area (Å²) in [6.45, 7) is 3.80. The van der Waals surface area contributed by atoms with Crippen LogP contribution in [0, 0.1) is 5.41 Å². The van der Waals surface area contributed by atoms with E-state index in [1.165, 1.54) is 0 Å². The number of nitrogens with two attached hydrogens (primary N) is 1. The average molecular weight is 269 g/mol. The molecule has 0 amide bonds. The molecule has 3 N–H and O–H groups in total. The standard InChI is InChI=1S/C14H23NO4/c1-14(2,8-16)13(15)9-6-10(17-3)12(19-5)11(7-9)18-4/h6-7,13,16H,8,15H2,1-5H3/t13-/m1/s1. The van der Waals surface area contributed by atoms with Gasteiger partial charge in [0.25, 0.3) is 0 Å². The van der Waals surface area contributed by atoms with Crippen molar-refractivity contribution in [2.75, 3.05) is 27.9 Å². The first-order valence-electron chi connectivity index (χ1n) is 6.07. The Morgan fingerprint density at radius 3 is 1.89 bits per heavy atom. The van der Waals surface area contributed by atoms with Gasteiger partial charge in [0, 0.05) is 18.1 Å². The minimum Gasteiger partial charge on any atom is -0.493 e. The number of hydrogen-bond acceptors (Lipinski definition) is 5. The summed E-state index contributed by atoms with van der Waals surface area (Å²) in [5, 5.41) is 9.41. The first-order chi connectivity index (χ1) is 8.91. The Hall–Kier alpha value is -1.46. The SMILES string of the molecule is COc1cc([C@@H](N)C(C)(C)CO)cc(OC)c1OC. The molecule has 0 saturated carbocycles. The number of aliphatic hydroxyl groups is 1. The van der Waals surface area contributed by atoms with Crippen LogP contribution in [0.3, 0.4) is 0 Å². The molecule has 0 spiro atoms. The van der Waals surface area contributed by atoms with Crippen molar-refractivity contribution in [1.82, 2.24) is 0 Å². The zero-order chi connectivity index (χ0) is 14.6. The summed E-state index contributed by atoms with van der Waals surface area (Å²) in [7, 11) is 4.67. The number of aliphatic hydroxyl groups excluding tert-OH is 1. The van der Waals surface area contributed by atoms with Crippen molar-refractivity contribution >= 4 is 0 Å². The second-order valence-electron chi connectivity index (χ2n) is 5.08. The molecule has 0 fully saturated rings. The van der Waals surface area contributed by atoms with E-state index in [1.807, 2.05) is 26.0 Å². The lowest BCUT2D eigenvalue weighted by atomic mass is 9.81. The van der Waals surface area contributed by atoms with Gasteiger partial charge in [-0.15, -0.1) is 0 Å². The summed E-state index contributed by atoms with van der Waals surface area (Å²) < 4.78 is 15.9. The normalized spacial score (nSPS) is 13.0. The van der Waals surface area contributed by atoms with Crippen LogP contribution in [-0.4, -0.2) is 33.0 Å². The molecule has 0 radical (unpaired) electrons. The Morgan fingerprint density at radius 1 is 1.11 bits per heavy atom. The van der Waals surface area contributed by atoms with E-state index in [-0.39, 0.29) is 12.6 Å². The molecule has 1 rings (SSSR count). The molecule has 0 saturated heterocycles. The zero-order valence-corrected chi connectivity index (χ0v) is 12.2. The van der Waals surface area contributed by atoms with E-state index in [0.29, 0.717) is 17.2 Å². The molecule has 0 aromatic heterocycles. The third-order valence-corrected chi connectivity index (χ3v) is 3.30. The van der Waals surface area contributed by atoms with Crippen molar-refractivity contribution in [3.8, 4) is 17.2 Å². The molecular formula is C14H23NO4. The monoisotopic (exact) mass is 269 g/mol. The molecule has 0 aliphatic carbocycles. The lowest BCUT2D eigenvalue weighted by Gasteiger charge is -2.30. The van der Waals surface area contributed by atoms with Crippen LogP contribution in [0.15, 0.2) is 12.1 Å². The Bertz CT molecular complexity index is 406. The maximum absolute atomic E-state index is 9.41. The second-order valence-corrected chi connectivity index (χ2v) is 5.08. The van der Waals surface area contributed by atoms with E-state index in [9.17, 15) is 5.11 Å². The van der Waals surface area contributed by atoms with Crippen LogP contribution in [-0.2, 0) is 0 Å². The minimum atomic E-state index is -0.440. The topological polar surface area (TPSA) is 73.9 Å². The molecule has 0 bridgehead atoms. The molecule has 1 aromatic carbocycles. The highest BCUT2D eigenvalue weighted by Gasteiger charge is 2.28. The van der Waals surface area contributed by atoms with Crippen LogP contribution < -0.4 is 19.9 Å². The van der Waals surface area contributed by atoms with Crippen LogP contribution in [0.1, 0.15) is 25.5 Å². The predicted molar refractivity (Wildman–Crippen MR) is 73.9 cm³/mol. The highest BCUT2D eigenvalue weighted by Crippen LogP contribution is 2.42.